The summed E-state index contributed by atoms with van der Waals surface area (Å²) in [7, 11) is 0.983. The Morgan fingerprint density at radius 1 is 1.03 bits per heavy atom. The van der Waals surface area contributed by atoms with Crippen LogP contribution in [0.2, 0.25) is 0 Å². The summed E-state index contributed by atoms with van der Waals surface area (Å²) in [6, 6.07) is 17.2. The van der Waals surface area contributed by atoms with Gasteiger partial charge in [0.25, 0.3) is 5.56 Å². The third-order valence-corrected chi connectivity index (χ3v) is 7.71. The van der Waals surface area contributed by atoms with Crippen LogP contribution in [0.25, 0.3) is 11.0 Å². The number of nitrogens with zero attached hydrogens (tertiary/aromatic N) is 5. The van der Waals surface area contributed by atoms with E-state index in [1.54, 1.807) is 23.1 Å². The van der Waals surface area contributed by atoms with Gasteiger partial charge in [0.15, 0.2) is 0 Å². The van der Waals surface area contributed by atoms with Crippen molar-refractivity contribution < 1.29 is 5.64 Å². The van der Waals surface area contributed by atoms with Crippen molar-refractivity contribution in [2.24, 2.45) is 0 Å². The minimum Gasteiger partial charge on any atom is -0.369 e. The fraction of sp³-hybridized carbons (Fsp3) is 0.296. The van der Waals surface area contributed by atoms with E-state index in [1.807, 2.05) is 37.3 Å². The van der Waals surface area contributed by atoms with Crippen molar-refractivity contribution in [3.63, 3.8) is 0 Å². The average Bonchev–Trinajstić information content (AvgIpc) is 2.87. The number of pyridine rings is 1. The maximum absolute atomic E-state index is 12.9. The van der Waals surface area contributed by atoms with E-state index in [4.69, 9.17) is 4.98 Å². The Morgan fingerprint density at radius 3 is 2.50 bits per heavy atom. The molecule has 2 aromatic heterocycles. The number of fused-ring (bicyclic) bond motifs is 1. The van der Waals surface area contributed by atoms with E-state index in [9.17, 15) is 9.00 Å². The molecule has 9 heteroatoms. The van der Waals surface area contributed by atoms with Gasteiger partial charge in [0.1, 0.15) is 5.65 Å². The van der Waals surface area contributed by atoms with Gasteiger partial charge in [-0.25, -0.2) is 4.98 Å². The minimum atomic E-state index is -1.17. The van der Waals surface area contributed by atoms with Crippen LogP contribution in [0.5, 0.6) is 0 Å². The number of nitrogens with one attached hydrogen (secondary N) is 1. The molecular weight excluding hydrogens is 472 g/mol. The molecule has 1 N–H and O–H groups in total. The number of aryl methyl sites for hydroxylation is 1. The second-order valence-corrected chi connectivity index (χ2v) is 10.5. The Hall–Kier alpha value is -3.56. The highest BCUT2D eigenvalue weighted by atomic mass is 32.2. The van der Waals surface area contributed by atoms with Gasteiger partial charge in [-0.3, -0.25) is 13.6 Å². The van der Waals surface area contributed by atoms with Gasteiger partial charge < -0.3 is 15.1 Å². The van der Waals surface area contributed by atoms with Crippen molar-refractivity contribution in [2.75, 3.05) is 49.7 Å². The van der Waals surface area contributed by atoms with Gasteiger partial charge >= 0.3 is 0 Å². The van der Waals surface area contributed by atoms with Gasteiger partial charge in [0.05, 0.1) is 17.3 Å². The molecular formula is C27H32N6O2S. The van der Waals surface area contributed by atoms with Gasteiger partial charge in [0, 0.05) is 67.8 Å². The third-order valence-electron chi connectivity index (χ3n) is 6.71. The van der Waals surface area contributed by atoms with Crippen LogP contribution in [0, 0.1) is 6.92 Å². The van der Waals surface area contributed by atoms with Crippen molar-refractivity contribution in [1.82, 2.24) is 19.4 Å². The molecule has 188 valence electrons. The second-order valence-electron chi connectivity index (χ2n) is 9.20. The number of hydrogen-bond acceptors (Lipinski definition) is 7. The van der Waals surface area contributed by atoms with E-state index in [0.29, 0.717) is 11.6 Å². The first-order valence-corrected chi connectivity index (χ1v) is 13.5. The molecule has 0 aliphatic carbocycles. The lowest BCUT2D eigenvalue weighted by atomic mass is 10.1. The summed E-state index contributed by atoms with van der Waals surface area (Å²) in [5.74, 6) is 0.415. The summed E-state index contributed by atoms with van der Waals surface area (Å²) in [5.41, 5.74) is 4.30. The molecule has 1 fully saturated rings. The van der Waals surface area contributed by atoms with Crippen molar-refractivity contribution in [3.8, 4) is 0 Å². The Kier molecular flexibility index (Phi) is 6.84. The molecule has 2 aromatic carbocycles. The van der Waals surface area contributed by atoms with Crippen molar-refractivity contribution >= 4 is 39.2 Å². The quantitative estimate of drug-likeness (QED) is 0.429. The molecule has 1 saturated heterocycles. The van der Waals surface area contributed by atoms with E-state index in [0.717, 1.165) is 53.3 Å². The van der Waals surface area contributed by atoms with Gasteiger partial charge in [-0.2, -0.15) is 4.98 Å². The summed E-state index contributed by atoms with van der Waals surface area (Å²) in [6.45, 7) is 6.41. The molecule has 5 rings (SSSR count). The lowest BCUT2D eigenvalue weighted by molar-refractivity contribution is 0.313. The number of rotatable bonds is 6. The van der Waals surface area contributed by atoms with Crippen molar-refractivity contribution in [2.45, 2.75) is 18.4 Å². The van der Waals surface area contributed by atoms with Crippen molar-refractivity contribution in [1.29, 1.82) is 0 Å². The normalized spacial score (nSPS) is 15.2. The molecule has 1 unspecified atom stereocenters. The maximum Gasteiger partial charge on any atom is 0.252 e. The number of piperazine rings is 1. The van der Waals surface area contributed by atoms with Crippen LogP contribution < -0.4 is 15.8 Å². The summed E-state index contributed by atoms with van der Waals surface area (Å²) < 4.78 is 14.0. The summed E-state index contributed by atoms with van der Waals surface area (Å²) in [5, 5.41) is 4.03. The Bertz CT molecular complexity index is 1480. The first-order chi connectivity index (χ1) is 17.4. The molecule has 0 amide bonds. The minimum absolute atomic E-state index is 0. The Balaban J connectivity index is 0.00000320. The lowest BCUT2D eigenvalue weighted by Crippen LogP contribution is -2.44. The summed E-state index contributed by atoms with van der Waals surface area (Å²) >= 11 is 0. The standard InChI is InChI=1S/C27H30N6O2S.H2/c1-19-5-4-6-24(36(3)35)23(19)18-33-25(34)12-7-20-17-28-27(30-26(20)33)29-21-8-10-22(11-9-21)32-15-13-31(2)14-16-32;/h4-12,17H,13-16,18H2,1-3H3,(H,28,29,30);1H. The van der Waals surface area contributed by atoms with Crippen LogP contribution in [0.3, 0.4) is 0 Å². The van der Waals surface area contributed by atoms with Crippen LogP contribution in [0.15, 0.2) is 70.5 Å². The SMILES string of the molecule is Cc1cccc(S(C)=O)c1Cn1c(=O)ccc2cnc(Nc3ccc(N4CCN(C)CC4)cc3)nc21.[HH]. The zero-order valence-corrected chi connectivity index (χ0v) is 21.6. The molecule has 1 atom stereocenters. The molecule has 0 saturated carbocycles. The van der Waals surface area contributed by atoms with Gasteiger partial charge in [0.2, 0.25) is 5.95 Å². The molecule has 0 spiro atoms. The second kappa shape index (κ2) is 10.2. The highest BCUT2D eigenvalue weighted by molar-refractivity contribution is 7.84. The topological polar surface area (TPSA) is 83.4 Å². The molecule has 4 aromatic rings. The van der Waals surface area contributed by atoms with E-state index in [1.165, 1.54) is 11.8 Å². The highest BCUT2D eigenvalue weighted by Gasteiger charge is 2.15. The molecule has 3 heterocycles. The Morgan fingerprint density at radius 2 is 1.78 bits per heavy atom. The highest BCUT2D eigenvalue weighted by Crippen LogP contribution is 2.23. The zero-order valence-electron chi connectivity index (χ0n) is 20.8. The molecule has 36 heavy (non-hydrogen) atoms. The number of benzene rings is 2. The average molecular weight is 505 g/mol. The third kappa shape index (κ3) is 5.03. The monoisotopic (exact) mass is 504 g/mol. The number of hydrogen-bond donors (Lipinski definition) is 1. The maximum atomic E-state index is 12.9. The van der Waals surface area contributed by atoms with Crippen LogP contribution in [-0.4, -0.2) is 63.1 Å². The fourth-order valence-electron chi connectivity index (χ4n) is 4.54. The predicted octanol–water partition coefficient (Wildman–Crippen LogP) is 3.63. The lowest BCUT2D eigenvalue weighted by Gasteiger charge is -2.34. The number of aromatic nitrogens is 3. The summed E-state index contributed by atoms with van der Waals surface area (Å²) in [4.78, 5) is 27.5. The van der Waals surface area contributed by atoms with Crippen LogP contribution >= 0.6 is 0 Å². The van der Waals surface area contributed by atoms with Crippen molar-refractivity contribution in [3.05, 3.63) is 82.3 Å². The van der Waals surface area contributed by atoms with Crippen LogP contribution in [0.4, 0.5) is 17.3 Å². The van der Waals surface area contributed by atoms with Crippen LogP contribution in [-0.2, 0) is 17.3 Å². The zero-order chi connectivity index (χ0) is 25.2. The molecule has 8 nitrogen and oxygen atoms in total. The number of likely N-dealkylation sites (N-methyl/N-ethyl adjacent to an activating group) is 1. The van der Waals surface area contributed by atoms with E-state index >= 15 is 0 Å². The fourth-order valence-corrected chi connectivity index (χ4v) is 5.38. The Labute approximate surface area is 214 Å². The smallest absolute Gasteiger partial charge is 0.252 e. The first-order valence-electron chi connectivity index (χ1n) is 12.0. The first kappa shape index (κ1) is 24.1. The molecule has 1 aliphatic rings. The van der Waals surface area contributed by atoms with Gasteiger partial charge in [-0.1, -0.05) is 12.1 Å². The van der Waals surface area contributed by atoms with E-state index < -0.39 is 10.8 Å². The van der Waals surface area contributed by atoms with Gasteiger partial charge in [-0.05, 0) is 61.5 Å². The van der Waals surface area contributed by atoms with E-state index in [-0.39, 0.29) is 13.5 Å². The predicted molar refractivity (Wildman–Crippen MR) is 148 cm³/mol. The molecule has 0 bridgehead atoms. The number of anilines is 3. The molecule has 0 radical (unpaired) electrons. The van der Waals surface area contributed by atoms with Crippen LogP contribution in [0.1, 0.15) is 12.6 Å². The molecule has 1 aliphatic heterocycles. The van der Waals surface area contributed by atoms with E-state index in [2.05, 4.69) is 39.3 Å². The summed E-state index contributed by atoms with van der Waals surface area (Å²) in [6.07, 6.45) is 3.37. The largest absolute Gasteiger partial charge is 0.369 e. The van der Waals surface area contributed by atoms with Gasteiger partial charge in [-0.15, -0.1) is 0 Å².